The largest absolute Gasteiger partial charge is 0.497 e. The van der Waals surface area contributed by atoms with Crippen molar-refractivity contribution in [3.8, 4) is 5.75 Å². The van der Waals surface area contributed by atoms with E-state index in [-0.39, 0.29) is 24.8 Å². The van der Waals surface area contributed by atoms with Gasteiger partial charge in [0.2, 0.25) is 18.1 Å². The average molecular weight is 552 g/mol. The van der Waals surface area contributed by atoms with Crippen molar-refractivity contribution in [2.24, 2.45) is 5.41 Å². The minimum Gasteiger partial charge on any atom is -0.497 e. The Morgan fingerprint density at radius 3 is 2.42 bits per heavy atom. The molecule has 0 saturated carbocycles. The summed E-state index contributed by atoms with van der Waals surface area (Å²) in [6.45, 7) is 6.21. The number of methoxy groups -OCH3 is 1. The number of nitrogens with one attached hydrogen (secondary N) is 2. The molecular weight excluding hydrogens is 514 g/mol. The summed E-state index contributed by atoms with van der Waals surface area (Å²) in [5.74, 6) is -0.944. The van der Waals surface area contributed by atoms with Gasteiger partial charge in [-0.25, -0.2) is 0 Å². The maximum Gasteiger partial charge on any atom is 0.310 e. The number of benzene rings is 2. The van der Waals surface area contributed by atoms with Gasteiger partial charge in [-0.3, -0.25) is 19.2 Å². The first kappa shape index (κ1) is 29.1. The second kappa shape index (κ2) is 12.5. The molecule has 2 aliphatic rings. The lowest BCUT2D eigenvalue weighted by atomic mass is 9.85. The van der Waals surface area contributed by atoms with Crippen LogP contribution < -0.4 is 15.4 Å². The highest BCUT2D eigenvalue weighted by atomic mass is 16.7. The molecule has 40 heavy (non-hydrogen) atoms. The van der Waals surface area contributed by atoms with Crippen LogP contribution >= 0.6 is 0 Å². The molecule has 2 fully saturated rings. The molecule has 10 nitrogen and oxygen atoms in total. The van der Waals surface area contributed by atoms with Gasteiger partial charge in [0, 0.05) is 12.1 Å². The topological polar surface area (TPSA) is 123 Å². The average Bonchev–Trinajstić information content (AvgIpc) is 3.56. The molecular formula is C30H37N3O7. The first-order chi connectivity index (χ1) is 19.1. The molecule has 4 atom stereocenters. The minimum absolute atomic E-state index is 0.0194. The number of carbonyl (C=O) groups excluding carboxylic acids is 4. The summed E-state index contributed by atoms with van der Waals surface area (Å²) in [5.41, 5.74) is 0.685. The third kappa shape index (κ3) is 6.98. The molecule has 0 spiro atoms. The first-order valence-electron chi connectivity index (χ1n) is 13.5. The van der Waals surface area contributed by atoms with E-state index in [4.69, 9.17) is 14.2 Å². The Balaban J connectivity index is 1.42. The fraction of sp³-hybridized carbons (Fsp3) is 0.467. The van der Waals surface area contributed by atoms with E-state index in [0.717, 1.165) is 5.56 Å². The van der Waals surface area contributed by atoms with Crippen LogP contribution in [0, 0.1) is 5.41 Å². The number of amides is 3. The molecule has 2 N–H and O–H groups in total. The van der Waals surface area contributed by atoms with Crippen LogP contribution in [0.2, 0.25) is 0 Å². The van der Waals surface area contributed by atoms with Gasteiger partial charge in [0.25, 0.3) is 5.91 Å². The number of rotatable bonds is 9. The van der Waals surface area contributed by atoms with Crippen molar-refractivity contribution in [2.75, 3.05) is 13.7 Å². The highest BCUT2D eigenvalue weighted by Crippen LogP contribution is 2.27. The van der Waals surface area contributed by atoms with Crippen LogP contribution in [-0.2, 0) is 30.5 Å². The van der Waals surface area contributed by atoms with Gasteiger partial charge in [-0.2, -0.15) is 0 Å². The summed E-state index contributed by atoms with van der Waals surface area (Å²) >= 11 is 0. The number of likely N-dealkylation sites (tertiary alicyclic amines) is 1. The third-order valence-electron chi connectivity index (χ3n) is 7.13. The van der Waals surface area contributed by atoms with Gasteiger partial charge in [-0.1, -0.05) is 51.1 Å². The monoisotopic (exact) mass is 551 g/mol. The van der Waals surface area contributed by atoms with Crippen molar-refractivity contribution in [2.45, 2.75) is 71.1 Å². The molecule has 2 aliphatic heterocycles. The number of nitrogens with zero attached hydrogens (tertiary/aromatic N) is 1. The Morgan fingerprint density at radius 1 is 1.07 bits per heavy atom. The van der Waals surface area contributed by atoms with E-state index in [2.05, 4.69) is 10.6 Å². The summed E-state index contributed by atoms with van der Waals surface area (Å²) in [6, 6.07) is 13.8. The van der Waals surface area contributed by atoms with Crippen molar-refractivity contribution in [3.63, 3.8) is 0 Å². The second-order valence-corrected chi connectivity index (χ2v) is 11.2. The number of cyclic esters (lactones) is 1. The van der Waals surface area contributed by atoms with Crippen LogP contribution in [0.1, 0.15) is 56.0 Å². The first-order valence-corrected chi connectivity index (χ1v) is 13.5. The van der Waals surface area contributed by atoms with Crippen molar-refractivity contribution in [1.82, 2.24) is 15.5 Å². The molecule has 10 heteroatoms. The number of carbonyl (C=O) groups is 4. The van der Waals surface area contributed by atoms with E-state index in [9.17, 15) is 19.2 Å². The van der Waals surface area contributed by atoms with Crippen LogP contribution in [0.15, 0.2) is 54.6 Å². The van der Waals surface area contributed by atoms with Gasteiger partial charge in [0.05, 0.1) is 20.1 Å². The van der Waals surface area contributed by atoms with Crippen LogP contribution in [0.25, 0.3) is 0 Å². The van der Waals surface area contributed by atoms with Gasteiger partial charge >= 0.3 is 5.97 Å². The van der Waals surface area contributed by atoms with Gasteiger partial charge in [-0.05, 0) is 48.1 Å². The van der Waals surface area contributed by atoms with E-state index in [1.54, 1.807) is 31.4 Å². The smallest absolute Gasteiger partial charge is 0.310 e. The van der Waals surface area contributed by atoms with Crippen LogP contribution in [-0.4, -0.2) is 66.7 Å². The van der Waals surface area contributed by atoms with Crippen molar-refractivity contribution >= 4 is 23.7 Å². The van der Waals surface area contributed by atoms with E-state index < -0.39 is 41.7 Å². The van der Waals surface area contributed by atoms with Crippen molar-refractivity contribution in [1.29, 1.82) is 0 Å². The van der Waals surface area contributed by atoms with Gasteiger partial charge < -0.3 is 29.7 Å². The lowest BCUT2D eigenvalue weighted by molar-refractivity contribution is -0.168. The van der Waals surface area contributed by atoms with Gasteiger partial charge in [0.15, 0.2) is 0 Å². The zero-order chi connectivity index (χ0) is 28.9. The highest BCUT2D eigenvalue weighted by molar-refractivity contribution is 5.99. The predicted molar refractivity (Wildman–Crippen MR) is 146 cm³/mol. The summed E-state index contributed by atoms with van der Waals surface area (Å²) in [4.78, 5) is 53.8. The summed E-state index contributed by atoms with van der Waals surface area (Å²) in [6.07, 6.45) is 0.168. The summed E-state index contributed by atoms with van der Waals surface area (Å²) < 4.78 is 16.3. The summed E-state index contributed by atoms with van der Waals surface area (Å²) in [7, 11) is 1.54. The third-order valence-corrected chi connectivity index (χ3v) is 7.13. The van der Waals surface area contributed by atoms with E-state index in [1.807, 2.05) is 51.1 Å². The number of hydrogen-bond donors (Lipinski definition) is 2. The Labute approximate surface area is 234 Å². The van der Waals surface area contributed by atoms with Crippen molar-refractivity contribution in [3.05, 3.63) is 65.7 Å². The number of esters is 1. The molecule has 0 radical (unpaired) electrons. The maximum atomic E-state index is 13.8. The zero-order valence-corrected chi connectivity index (χ0v) is 23.3. The fourth-order valence-electron chi connectivity index (χ4n) is 4.91. The standard InChI is InChI=1S/C30H37N3O7/c1-30(2,3)25(32-26(35)20-12-14-21(38-4)15-13-20)28(37)33-16-8-11-23(33)27(36)31-22-17-24(34)40-29(22)39-18-19-9-6-5-7-10-19/h5-7,9-10,12-15,22-23,25,29H,8,11,16-18H2,1-4H3,(H,31,36)(H,32,35)/t22-,23?,25+,29?/m0/s1. The van der Waals surface area contributed by atoms with E-state index in [1.165, 1.54) is 4.90 Å². The second-order valence-electron chi connectivity index (χ2n) is 11.2. The minimum atomic E-state index is -0.923. The van der Waals surface area contributed by atoms with Gasteiger partial charge in [-0.15, -0.1) is 0 Å². The molecule has 0 aromatic heterocycles. The molecule has 3 amide bonds. The van der Waals surface area contributed by atoms with Crippen LogP contribution in [0.3, 0.4) is 0 Å². The molecule has 214 valence electrons. The lowest BCUT2D eigenvalue weighted by Crippen LogP contribution is -2.58. The zero-order valence-electron chi connectivity index (χ0n) is 23.3. The Bertz CT molecular complexity index is 1210. The van der Waals surface area contributed by atoms with Crippen LogP contribution in [0.4, 0.5) is 0 Å². The Morgan fingerprint density at radius 2 is 1.77 bits per heavy atom. The molecule has 0 aliphatic carbocycles. The molecule has 2 unspecified atom stereocenters. The molecule has 2 saturated heterocycles. The normalized spacial score (nSPS) is 21.4. The SMILES string of the molecule is COc1ccc(C(=O)N[C@H](C(=O)N2CCCC2C(=O)N[C@H]2CC(=O)OC2OCc2ccccc2)C(C)(C)C)cc1. The van der Waals surface area contributed by atoms with Crippen molar-refractivity contribution < 1.29 is 33.4 Å². The van der Waals surface area contributed by atoms with Gasteiger partial charge in [0.1, 0.15) is 23.9 Å². The number of hydrogen-bond acceptors (Lipinski definition) is 7. The van der Waals surface area contributed by atoms with E-state index in [0.29, 0.717) is 30.7 Å². The fourth-order valence-corrected chi connectivity index (χ4v) is 4.91. The molecule has 0 bridgehead atoms. The van der Waals surface area contributed by atoms with E-state index >= 15 is 0 Å². The molecule has 2 aromatic carbocycles. The number of ether oxygens (including phenoxy) is 3. The molecule has 2 heterocycles. The lowest BCUT2D eigenvalue weighted by Gasteiger charge is -2.35. The van der Waals surface area contributed by atoms with Crippen LogP contribution in [0.5, 0.6) is 5.75 Å². The highest BCUT2D eigenvalue weighted by Gasteiger charge is 2.44. The Kier molecular flexibility index (Phi) is 9.09. The molecule has 2 aromatic rings. The quantitative estimate of drug-likeness (QED) is 0.460. The summed E-state index contributed by atoms with van der Waals surface area (Å²) in [5, 5.41) is 5.75. The predicted octanol–water partition coefficient (Wildman–Crippen LogP) is 2.81. The maximum absolute atomic E-state index is 13.8. The Hall–Kier alpha value is -3.92. The molecule has 4 rings (SSSR count).